The van der Waals surface area contributed by atoms with Crippen LogP contribution < -0.4 is 9.47 Å². The van der Waals surface area contributed by atoms with Gasteiger partial charge in [0.2, 0.25) is 0 Å². The van der Waals surface area contributed by atoms with Crippen molar-refractivity contribution < 1.29 is 9.47 Å². The van der Waals surface area contributed by atoms with E-state index in [1.54, 1.807) is 14.2 Å². The van der Waals surface area contributed by atoms with Crippen molar-refractivity contribution in [2.75, 3.05) is 14.2 Å². The minimum atomic E-state index is 0.739. The lowest BCUT2D eigenvalue weighted by Gasteiger charge is -2.12. The molecule has 0 heterocycles. The summed E-state index contributed by atoms with van der Waals surface area (Å²) in [7, 11) is 3.29. The number of allylic oxidation sites excluding steroid dienone is 3. The fourth-order valence-corrected chi connectivity index (χ4v) is 2.20. The summed E-state index contributed by atoms with van der Waals surface area (Å²) in [5.41, 5.74) is 2.24. The summed E-state index contributed by atoms with van der Waals surface area (Å²) >= 11 is 3.59. The van der Waals surface area contributed by atoms with Gasteiger partial charge >= 0.3 is 0 Å². The summed E-state index contributed by atoms with van der Waals surface area (Å²) in [6, 6.07) is 3.96. The lowest BCUT2D eigenvalue weighted by atomic mass is 10.1. The summed E-state index contributed by atoms with van der Waals surface area (Å²) in [5, 5.41) is 0. The monoisotopic (exact) mass is 310 g/mol. The molecule has 0 N–H and O–H groups in total. The van der Waals surface area contributed by atoms with E-state index in [1.165, 1.54) is 0 Å². The molecule has 0 bridgehead atoms. The molecule has 3 heteroatoms. The number of hydrogen-bond donors (Lipinski definition) is 0. The van der Waals surface area contributed by atoms with Crippen LogP contribution in [0.5, 0.6) is 11.5 Å². The van der Waals surface area contributed by atoms with Gasteiger partial charge < -0.3 is 9.47 Å². The molecular weight excluding hydrogens is 292 g/mol. The average Bonchev–Trinajstić information content (AvgIpc) is 2.38. The van der Waals surface area contributed by atoms with Gasteiger partial charge in [-0.3, -0.25) is 0 Å². The first kappa shape index (κ1) is 14.8. The van der Waals surface area contributed by atoms with Gasteiger partial charge in [-0.15, -0.1) is 0 Å². The van der Waals surface area contributed by atoms with Gasteiger partial charge in [0.05, 0.1) is 14.2 Å². The first-order chi connectivity index (χ1) is 8.63. The van der Waals surface area contributed by atoms with Crippen LogP contribution in [0.2, 0.25) is 0 Å². The molecule has 98 valence electrons. The molecule has 0 aliphatic heterocycles. The third-order valence-corrected chi connectivity index (χ3v) is 3.29. The Bertz CT molecular complexity index is 462. The summed E-state index contributed by atoms with van der Waals surface area (Å²) in [6.07, 6.45) is 7.22. The van der Waals surface area contributed by atoms with Crippen LogP contribution in [-0.2, 0) is 0 Å². The van der Waals surface area contributed by atoms with E-state index in [-0.39, 0.29) is 0 Å². The zero-order chi connectivity index (χ0) is 13.5. The number of rotatable bonds is 5. The number of hydrogen-bond acceptors (Lipinski definition) is 2. The summed E-state index contributed by atoms with van der Waals surface area (Å²) in [4.78, 5) is 0. The van der Waals surface area contributed by atoms with Gasteiger partial charge in [-0.1, -0.05) is 35.0 Å². The normalized spacial score (nSPS) is 11.9. The molecule has 0 radical (unpaired) electrons. The highest BCUT2D eigenvalue weighted by molar-refractivity contribution is 9.15. The Hall–Kier alpha value is -1.22. The molecule has 0 fully saturated rings. The standard InChI is InChI=1S/C15H19BrO2/c1-5-6-7-8-13(16)12-10-15(18-4)14(17-3)9-11(12)2/h6-10H,5H2,1-4H3/b7-6+,13-8+. The van der Waals surface area contributed by atoms with E-state index >= 15 is 0 Å². The van der Waals surface area contributed by atoms with Crippen molar-refractivity contribution in [3.63, 3.8) is 0 Å². The number of benzene rings is 1. The molecule has 0 atom stereocenters. The van der Waals surface area contributed by atoms with Crippen LogP contribution >= 0.6 is 15.9 Å². The Kier molecular flexibility index (Phi) is 5.99. The lowest BCUT2D eigenvalue weighted by Crippen LogP contribution is -1.94. The lowest BCUT2D eigenvalue weighted by molar-refractivity contribution is 0.354. The molecule has 0 aliphatic carbocycles. The number of methoxy groups -OCH3 is 2. The van der Waals surface area contributed by atoms with E-state index in [4.69, 9.17) is 9.47 Å². The van der Waals surface area contributed by atoms with Crippen molar-refractivity contribution in [3.8, 4) is 11.5 Å². The highest BCUT2D eigenvalue weighted by Crippen LogP contribution is 2.35. The van der Waals surface area contributed by atoms with E-state index in [2.05, 4.69) is 35.9 Å². The maximum absolute atomic E-state index is 5.32. The fraction of sp³-hybridized carbons (Fsp3) is 0.333. The summed E-state index contributed by atoms with van der Waals surface area (Å²) in [5.74, 6) is 1.49. The topological polar surface area (TPSA) is 18.5 Å². The third kappa shape index (κ3) is 3.64. The van der Waals surface area contributed by atoms with Gasteiger partial charge in [0.25, 0.3) is 0 Å². The molecule has 1 aromatic rings. The minimum Gasteiger partial charge on any atom is -0.493 e. The molecule has 2 nitrogen and oxygen atoms in total. The second kappa shape index (κ2) is 7.27. The first-order valence-electron chi connectivity index (χ1n) is 5.89. The van der Waals surface area contributed by atoms with Crippen LogP contribution in [0.25, 0.3) is 4.48 Å². The van der Waals surface area contributed by atoms with Crippen molar-refractivity contribution in [2.45, 2.75) is 20.3 Å². The van der Waals surface area contributed by atoms with Crippen LogP contribution in [0.1, 0.15) is 24.5 Å². The molecule has 0 saturated heterocycles. The largest absolute Gasteiger partial charge is 0.493 e. The van der Waals surface area contributed by atoms with Crippen molar-refractivity contribution in [1.29, 1.82) is 0 Å². The Morgan fingerprint density at radius 2 is 1.83 bits per heavy atom. The predicted octanol–water partition coefficient (Wildman–Crippen LogP) is 4.71. The Morgan fingerprint density at radius 1 is 1.22 bits per heavy atom. The van der Waals surface area contributed by atoms with E-state index < -0.39 is 0 Å². The van der Waals surface area contributed by atoms with Crippen molar-refractivity contribution in [3.05, 3.63) is 41.5 Å². The second-order valence-electron chi connectivity index (χ2n) is 3.87. The molecule has 0 amide bonds. The van der Waals surface area contributed by atoms with E-state index in [0.717, 1.165) is 33.5 Å². The molecule has 0 unspecified atom stereocenters. The average molecular weight is 311 g/mol. The van der Waals surface area contributed by atoms with Crippen molar-refractivity contribution >= 4 is 20.4 Å². The summed E-state index contributed by atoms with van der Waals surface area (Å²) in [6.45, 7) is 4.16. The molecule has 1 aromatic carbocycles. The zero-order valence-electron chi connectivity index (χ0n) is 11.3. The molecule has 18 heavy (non-hydrogen) atoms. The van der Waals surface area contributed by atoms with Crippen LogP contribution in [-0.4, -0.2) is 14.2 Å². The van der Waals surface area contributed by atoms with Crippen molar-refractivity contribution in [2.24, 2.45) is 0 Å². The Morgan fingerprint density at radius 3 is 2.39 bits per heavy atom. The van der Waals surface area contributed by atoms with Crippen LogP contribution in [0.4, 0.5) is 0 Å². The molecule has 0 aromatic heterocycles. The van der Waals surface area contributed by atoms with E-state index in [9.17, 15) is 0 Å². The molecular formula is C15H19BrO2. The van der Waals surface area contributed by atoms with Crippen LogP contribution in [0.3, 0.4) is 0 Å². The molecule has 0 aliphatic rings. The molecule has 1 rings (SSSR count). The van der Waals surface area contributed by atoms with Gasteiger partial charge in [-0.2, -0.15) is 0 Å². The third-order valence-electron chi connectivity index (χ3n) is 2.60. The van der Waals surface area contributed by atoms with Gasteiger partial charge in [-0.25, -0.2) is 0 Å². The molecule has 0 spiro atoms. The number of halogens is 1. The quantitative estimate of drug-likeness (QED) is 0.733. The number of ether oxygens (including phenoxy) is 2. The molecule has 0 saturated carbocycles. The first-order valence-corrected chi connectivity index (χ1v) is 6.68. The van der Waals surface area contributed by atoms with Gasteiger partial charge in [0.15, 0.2) is 11.5 Å². The Balaban J connectivity index is 3.16. The number of aryl methyl sites for hydroxylation is 1. The summed E-state index contributed by atoms with van der Waals surface area (Å²) < 4.78 is 11.6. The smallest absolute Gasteiger partial charge is 0.161 e. The van der Waals surface area contributed by atoms with Gasteiger partial charge in [-0.05, 0) is 42.7 Å². The predicted molar refractivity (Wildman–Crippen MR) is 80.6 cm³/mol. The fourth-order valence-electron chi connectivity index (χ4n) is 1.62. The zero-order valence-corrected chi connectivity index (χ0v) is 12.9. The van der Waals surface area contributed by atoms with Crippen molar-refractivity contribution in [1.82, 2.24) is 0 Å². The van der Waals surface area contributed by atoms with Gasteiger partial charge in [0, 0.05) is 4.48 Å². The maximum Gasteiger partial charge on any atom is 0.161 e. The van der Waals surface area contributed by atoms with Crippen LogP contribution in [0.15, 0.2) is 30.4 Å². The minimum absolute atomic E-state index is 0.739. The Labute approximate surface area is 117 Å². The highest BCUT2D eigenvalue weighted by atomic mass is 79.9. The SMILES string of the molecule is CC/C=C/C=C(/Br)c1cc(OC)c(OC)cc1C. The second-order valence-corrected chi connectivity index (χ2v) is 4.73. The van der Waals surface area contributed by atoms with Crippen LogP contribution in [0, 0.1) is 6.92 Å². The highest BCUT2D eigenvalue weighted by Gasteiger charge is 2.09. The van der Waals surface area contributed by atoms with Gasteiger partial charge in [0.1, 0.15) is 0 Å². The van der Waals surface area contributed by atoms with E-state index in [1.807, 2.05) is 24.3 Å². The maximum atomic E-state index is 5.32. The van der Waals surface area contributed by atoms with E-state index in [0.29, 0.717) is 0 Å².